The molecule has 6 rings (SSSR count). The van der Waals surface area contributed by atoms with Gasteiger partial charge in [0, 0.05) is 23.8 Å². The van der Waals surface area contributed by atoms with Crippen LogP contribution in [0.4, 0.5) is 5.69 Å². The Morgan fingerprint density at radius 2 is 2.23 bits per heavy atom. The molecule has 6 nitrogen and oxygen atoms in total. The average molecular weight is 353 g/mol. The average Bonchev–Trinajstić information content (AvgIpc) is 3.35. The quantitative estimate of drug-likeness (QED) is 0.780. The van der Waals surface area contributed by atoms with Gasteiger partial charge in [0.15, 0.2) is 0 Å². The molecule has 0 aliphatic carbocycles. The third-order valence-corrected chi connectivity index (χ3v) is 6.91. The number of amides is 1. The number of carbonyl (C=O) groups excluding carboxylic acids is 1. The molecule has 1 amide bonds. The molecule has 0 aromatic heterocycles. The topological polar surface area (TPSA) is 76.1 Å². The zero-order valence-electron chi connectivity index (χ0n) is 14.3. The number of carbonyl (C=O) groups is 2. The summed E-state index contributed by atoms with van der Waals surface area (Å²) in [5.74, 6) is -2.43. The predicted molar refractivity (Wildman–Crippen MR) is 90.6 cm³/mol. The van der Waals surface area contributed by atoms with Crippen LogP contribution in [0.2, 0.25) is 0 Å². The number of carboxylic acids is 1. The van der Waals surface area contributed by atoms with Gasteiger partial charge in [-0.1, -0.05) is 29.8 Å². The van der Waals surface area contributed by atoms with Crippen molar-refractivity contribution in [1.82, 2.24) is 0 Å². The Hall–Kier alpha value is -2.18. The first kappa shape index (κ1) is 14.9. The maximum atomic E-state index is 13.5. The van der Waals surface area contributed by atoms with Gasteiger partial charge in [-0.25, -0.2) is 0 Å². The lowest BCUT2D eigenvalue weighted by molar-refractivity contribution is -0.146. The number of hydrogen-bond donors (Lipinski definition) is 1. The molecular weight excluding hydrogens is 334 g/mol. The summed E-state index contributed by atoms with van der Waals surface area (Å²) in [6.45, 7) is 2.68. The Morgan fingerprint density at radius 1 is 1.38 bits per heavy atom. The lowest BCUT2D eigenvalue weighted by Crippen LogP contribution is -2.53. The number of ether oxygens (including phenoxy) is 2. The SMILES string of the molecule is Cc1ccc2c(c1)[C@H]1OCC[C@@H]1[C@H]1N2C(=O)[C@@H]2[C@@H](C(=O)O)[C@H]3C=C[C@@]21O3. The third kappa shape index (κ3) is 1.48. The Bertz CT molecular complexity index is 894. The highest BCUT2D eigenvalue weighted by atomic mass is 16.5. The molecule has 1 spiro atoms. The van der Waals surface area contributed by atoms with E-state index in [0.29, 0.717) is 6.61 Å². The molecule has 1 aromatic rings. The molecule has 3 saturated heterocycles. The van der Waals surface area contributed by atoms with Crippen molar-refractivity contribution in [2.75, 3.05) is 11.5 Å². The van der Waals surface area contributed by atoms with Crippen LogP contribution in [0, 0.1) is 24.7 Å². The maximum Gasteiger partial charge on any atom is 0.310 e. The van der Waals surface area contributed by atoms with Gasteiger partial charge in [0.05, 0.1) is 24.2 Å². The zero-order chi connectivity index (χ0) is 17.8. The molecule has 0 unspecified atom stereocenters. The number of carboxylic acid groups (broad SMARTS) is 1. The van der Waals surface area contributed by atoms with E-state index in [4.69, 9.17) is 9.47 Å². The summed E-state index contributed by atoms with van der Waals surface area (Å²) in [5, 5.41) is 9.74. The molecule has 0 radical (unpaired) electrons. The van der Waals surface area contributed by atoms with E-state index in [1.807, 2.05) is 36.1 Å². The van der Waals surface area contributed by atoms with Gasteiger partial charge >= 0.3 is 5.97 Å². The van der Waals surface area contributed by atoms with Crippen LogP contribution in [0.3, 0.4) is 0 Å². The molecule has 0 saturated carbocycles. The highest BCUT2D eigenvalue weighted by Gasteiger charge is 2.74. The van der Waals surface area contributed by atoms with Crippen LogP contribution >= 0.6 is 0 Å². The van der Waals surface area contributed by atoms with Crippen LogP contribution in [-0.4, -0.2) is 41.3 Å². The van der Waals surface area contributed by atoms with E-state index in [1.165, 1.54) is 0 Å². The predicted octanol–water partition coefficient (Wildman–Crippen LogP) is 1.83. The van der Waals surface area contributed by atoms with E-state index in [1.54, 1.807) is 0 Å². The normalized spacial score (nSPS) is 44.0. The van der Waals surface area contributed by atoms with Crippen LogP contribution in [0.1, 0.15) is 23.7 Å². The summed E-state index contributed by atoms with van der Waals surface area (Å²) in [7, 11) is 0. The smallest absolute Gasteiger partial charge is 0.310 e. The number of rotatable bonds is 1. The summed E-state index contributed by atoms with van der Waals surface area (Å²) < 4.78 is 12.3. The van der Waals surface area contributed by atoms with Crippen molar-refractivity contribution in [3.8, 4) is 0 Å². The van der Waals surface area contributed by atoms with E-state index < -0.39 is 29.5 Å². The summed E-state index contributed by atoms with van der Waals surface area (Å²) >= 11 is 0. The first-order valence-electron chi connectivity index (χ1n) is 9.18. The number of anilines is 1. The van der Waals surface area contributed by atoms with Gasteiger partial charge < -0.3 is 19.5 Å². The fraction of sp³-hybridized carbons (Fsp3) is 0.500. The number of benzene rings is 1. The Labute approximate surface area is 150 Å². The van der Waals surface area contributed by atoms with E-state index in [2.05, 4.69) is 6.07 Å². The van der Waals surface area contributed by atoms with Crippen molar-refractivity contribution in [2.45, 2.75) is 37.2 Å². The van der Waals surface area contributed by atoms with Crippen molar-refractivity contribution in [1.29, 1.82) is 0 Å². The first-order chi connectivity index (χ1) is 12.5. The van der Waals surface area contributed by atoms with Crippen LogP contribution < -0.4 is 4.90 Å². The second-order valence-corrected chi connectivity index (χ2v) is 8.10. The summed E-state index contributed by atoms with van der Waals surface area (Å²) in [5.41, 5.74) is 2.17. The molecule has 5 aliphatic rings. The fourth-order valence-corrected chi connectivity index (χ4v) is 6.04. The summed E-state index contributed by atoms with van der Waals surface area (Å²) in [6, 6.07) is 5.86. The number of hydrogen-bond acceptors (Lipinski definition) is 4. The lowest BCUT2D eigenvalue weighted by atomic mass is 9.70. The molecule has 1 N–H and O–H groups in total. The molecule has 7 atom stereocenters. The van der Waals surface area contributed by atoms with Gasteiger partial charge in [0.1, 0.15) is 11.5 Å². The number of aryl methyl sites for hydroxylation is 1. The molecule has 5 aliphatic heterocycles. The molecule has 134 valence electrons. The van der Waals surface area contributed by atoms with Crippen molar-refractivity contribution < 1.29 is 24.2 Å². The summed E-state index contributed by atoms with van der Waals surface area (Å²) in [6.07, 6.45) is 4.07. The van der Waals surface area contributed by atoms with Crippen LogP contribution in [0.5, 0.6) is 0 Å². The van der Waals surface area contributed by atoms with Crippen molar-refractivity contribution >= 4 is 17.6 Å². The monoisotopic (exact) mass is 353 g/mol. The highest BCUT2D eigenvalue weighted by molar-refractivity contribution is 6.04. The summed E-state index contributed by atoms with van der Waals surface area (Å²) in [4.78, 5) is 27.2. The minimum absolute atomic E-state index is 0.0630. The second kappa shape index (κ2) is 4.56. The van der Waals surface area contributed by atoms with E-state index in [-0.39, 0.29) is 24.0 Å². The number of aliphatic carboxylic acids is 1. The fourth-order valence-electron chi connectivity index (χ4n) is 6.04. The van der Waals surface area contributed by atoms with E-state index in [9.17, 15) is 14.7 Å². The molecular formula is C20H19NO5. The van der Waals surface area contributed by atoms with Gasteiger partial charge in [-0.2, -0.15) is 0 Å². The molecule has 5 heterocycles. The molecule has 3 fully saturated rings. The molecule has 6 heteroatoms. The Kier molecular flexibility index (Phi) is 2.62. The van der Waals surface area contributed by atoms with Gasteiger partial charge in [0.2, 0.25) is 5.91 Å². The maximum absolute atomic E-state index is 13.5. The van der Waals surface area contributed by atoms with Crippen LogP contribution in [-0.2, 0) is 19.1 Å². The standard InChI is InChI=1S/C20H19NO5/c1-9-2-3-12-11(8-9)16-10(5-7-25-16)17-20-6-4-13(26-20)14(19(23)24)15(20)18(22)21(12)17/h2-4,6,8,10,13-17H,5,7H2,1H3,(H,23,24)/t10-,13+,14-,15-,16-,17+,20+/m0/s1. The van der Waals surface area contributed by atoms with Crippen molar-refractivity contribution in [3.63, 3.8) is 0 Å². The van der Waals surface area contributed by atoms with E-state index in [0.717, 1.165) is 23.2 Å². The molecule has 2 bridgehead atoms. The minimum atomic E-state index is -0.956. The molecule has 1 aromatic carbocycles. The van der Waals surface area contributed by atoms with E-state index >= 15 is 0 Å². The minimum Gasteiger partial charge on any atom is -0.481 e. The molecule has 26 heavy (non-hydrogen) atoms. The van der Waals surface area contributed by atoms with Gasteiger partial charge in [-0.15, -0.1) is 0 Å². The first-order valence-corrected chi connectivity index (χ1v) is 9.18. The highest BCUT2D eigenvalue weighted by Crippen LogP contribution is 2.62. The second-order valence-electron chi connectivity index (χ2n) is 8.10. The Morgan fingerprint density at radius 3 is 3.04 bits per heavy atom. The van der Waals surface area contributed by atoms with Crippen LogP contribution in [0.15, 0.2) is 30.4 Å². The van der Waals surface area contributed by atoms with Gasteiger partial charge in [0.25, 0.3) is 0 Å². The zero-order valence-corrected chi connectivity index (χ0v) is 14.3. The van der Waals surface area contributed by atoms with Crippen molar-refractivity contribution in [3.05, 3.63) is 41.5 Å². The lowest BCUT2D eigenvalue weighted by Gasteiger charge is -2.44. The largest absolute Gasteiger partial charge is 0.481 e. The third-order valence-electron chi connectivity index (χ3n) is 6.91. The van der Waals surface area contributed by atoms with Crippen molar-refractivity contribution in [2.24, 2.45) is 17.8 Å². The number of nitrogens with zero attached hydrogens (tertiary/aromatic N) is 1. The number of fused-ring (bicyclic) bond motifs is 7. The van der Waals surface area contributed by atoms with Crippen LogP contribution in [0.25, 0.3) is 0 Å². The van der Waals surface area contributed by atoms with Gasteiger partial charge in [-0.3, -0.25) is 9.59 Å². The Balaban J connectivity index is 1.59. The van der Waals surface area contributed by atoms with Gasteiger partial charge in [-0.05, 0) is 19.4 Å².